The van der Waals surface area contributed by atoms with Gasteiger partial charge < -0.3 is 63.9 Å². The molecule has 0 aromatic heterocycles. The fraction of sp³-hybridized carbons (Fsp3) is 0.775. The number of hydrogen-bond donors (Lipinski definition) is 4. The third-order valence-electron chi connectivity index (χ3n) is 8.10. The number of amides is 6. The molecule has 0 aliphatic carbocycles. The van der Waals surface area contributed by atoms with Gasteiger partial charge in [0.1, 0.15) is 23.7 Å². The van der Waals surface area contributed by atoms with Crippen molar-refractivity contribution in [2.24, 2.45) is 0 Å². The molecule has 4 N–H and O–H groups in total. The second-order valence-electron chi connectivity index (χ2n) is 14.5. The minimum Gasteiger partial charge on any atom is -0.458 e. The number of imide groups is 1. The van der Waals surface area contributed by atoms with Gasteiger partial charge in [-0.15, -0.1) is 0 Å². The van der Waals surface area contributed by atoms with Gasteiger partial charge in [0, 0.05) is 45.2 Å². The molecule has 0 spiro atoms. The number of hydrogen-bond acceptors (Lipinski definition) is 16. The van der Waals surface area contributed by atoms with E-state index in [0.29, 0.717) is 92.5 Å². The molecule has 0 saturated heterocycles. The Morgan fingerprint density at radius 2 is 1.03 bits per heavy atom. The summed E-state index contributed by atoms with van der Waals surface area (Å²) >= 11 is 0. The van der Waals surface area contributed by atoms with Crippen LogP contribution in [0.1, 0.15) is 60.3 Å². The van der Waals surface area contributed by atoms with Crippen molar-refractivity contribution in [1.82, 2.24) is 26.2 Å². The van der Waals surface area contributed by atoms with E-state index in [1.807, 2.05) is 0 Å². The van der Waals surface area contributed by atoms with Crippen molar-refractivity contribution in [1.29, 1.82) is 0 Å². The molecule has 0 saturated carbocycles. The van der Waals surface area contributed by atoms with Gasteiger partial charge in [0.05, 0.1) is 99.1 Å². The summed E-state index contributed by atoms with van der Waals surface area (Å²) in [6.45, 7) is 14.5. The van der Waals surface area contributed by atoms with Crippen molar-refractivity contribution in [2.45, 2.75) is 84.0 Å². The summed E-state index contributed by atoms with van der Waals surface area (Å²) in [5.41, 5.74) is -0.768. The van der Waals surface area contributed by atoms with Crippen LogP contribution in [-0.4, -0.2) is 189 Å². The molecule has 1 heterocycles. The normalized spacial score (nSPS) is 14.1. The van der Waals surface area contributed by atoms with E-state index in [4.69, 9.17) is 42.6 Å². The van der Waals surface area contributed by atoms with Crippen molar-refractivity contribution in [2.75, 3.05) is 119 Å². The van der Waals surface area contributed by atoms with E-state index in [1.165, 1.54) is 13.8 Å². The number of methoxy groups -OCH3 is 1. The third kappa shape index (κ3) is 29.0. The van der Waals surface area contributed by atoms with Gasteiger partial charge in [-0.2, -0.15) is 0 Å². The highest BCUT2D eigenvalue weighted by molar-refractivity contribution is 6.12. The van der Waals surface area contributed by atoms with Crippen LogP contribution in [0.15, 0.2) is 12.2 Å². The Kier molecular flexibility index (Phi) is 30.2. The molecule has 61 heavy (non-hydrogen) atoms. The Hall–Kier alpha value is -4.09. The molecule has 21 heteroatoms. The van der Waals surface area contributed by atoms with Gasteiger partial charge in [0.15, 0.2) is 0 Å². The first-order valence-electron chi connectivity index (χ1n) is 20.6. The fourth-order valence-electron chi connectivity index (χ4n) is 4.94. The molecular weight excluding hydrogens is 806 g/mol. The topological polar surface area (TPSA) is 254 Å². The molecule has 1 rings (SSSR count). The zero-order valence-corrected chi connectivity index (χ0v) is 36.7. The lowest BCUT2D eigenvalue weighted by molar-refractivity contribution is -0.158. The van der Waals surface area contributed by atoms with Crippen LogP contribution in [0.25, 0.3) is 0 Å². The maximum atomic E-state index is 13.3. The van der Waals surface area contributed by atoms with Gasteiger partial charge in [0.2, 0.25) is 23.6 Å². The lowest BCUT2D eigenvalue weighted by atomic mass is 10.1. The van der Waals surface area contributed by atoms with Gasteiger partial charge >= 0.3 is 5.97 Å². The number of ether oxygens (including phenoxy) is 9. The Bertz CT molecular complexity index is 1330. The summed E-state index contributed by atoms with van der Waals surface area (Å²) in [5.74, 6) is -3.99. The zero-order valence-electron chi connectivity index (χ0n) is 36.7. The van der Waals surface area contributed by atoms with E-state index in [9.17, 15) is 33.6 Å². The number of rotatable bonds is 37. The largest absolute Gasteiger partial charge is 0.458 e. The summed E-state index contributed by atoms with van der Waals surface area (Å²) in [6.07, 6.45) is 2.03. The SMILES string of the molecule is COCCOCCOCCOCCOCCOCCOCCOCCNC(=O)CC[C@@H](NC(=O)CCCN1C(=O)C=CC1=O)C(=O)N[C@@H](C)C(=O)N[C@@H](C)C(=O)OC(C)(C)C. The molecular formula is C40H69N5O16. The lowest BCUT2D eigenvalue weighted by Gasteiger charge is -2.24. The van der Waals surface area contributed by atoms with Crippen LogP contribution < -0.4 is 21.3 Å². The fourth-order valence-corrected chi connectivity index (χ4v) is 4.94. The van der Waals surface area contributed by atoms with Crippen LogP contribution >= 0.6 is 0 Å². The van der Waals surface area contributed by atoms with E-state index >= 15 is 0 Å². The van der Waals surface area contributed by atoms with Gasteiger partial charge in [-0.05, 0) is 47.5 Å². The van der Waals surface area contributed by atoms with Gasteiger partial charge in [-0.1, -0.05) is 0 Å². The minimum atomic E-state index is -1.21. The first kappa shape index (κ1) is 54.9. The van der Waals surface area contributed by atoms with Crippen LogP contribution in [0, 0.1) is 0 Å². The minimum absolute atomic E-state index is 0.00674. The summed E-state index contributed by atoms with van der Waals surface area (Å²) in [6, 6.07) is -3.33. The molecule has 6 amide bonds. The van der Waals surface area contributed by atoms with Crippen LogP contribution in [0.2, 0.25) is 0 Å². The summed E-state index contributed by atoms with van der Waals surface area (Å²) < 4.78 is 48.2. The summed E-state index contributed by atoms with van der Waals surface area (Å²) in [5, 5.41) is 10.3. The van der Waals surface area contributed by atoms with E-state index in [-0.39, 0.29) is 45.4 Å². The summed E-state index contributed by atoms with van der Waals surface area (Å²) in [4.78, 5) is 88.4. The van der Waals surface area contributed by atoms with Gasteiger partial charge in [-0.25, -0.2) is 4.79 Å². The average Bonchev–Trinajstić information content (AvgIpc) is 3.52. The first-order valence-corrected chi connectivity index (χ1v) is 20.6. The molecule has 0 aromatic rings. The Balaban J connectivity index is 2.29. The smallest absolute Gasteiger partial charge is 0.328 e. The molecule has 350 valence electrons. The van der Waals surface area contributed by atoms with Crippen LogP contribution in [0.3, 0.4) is 0 Å². The van der Waals surface area contributed by atoms with E-state index < -0.39 is 65.1 Å². The maximum absolute atomic E-state index is 13.3. The molecule has 0 bridgehead atoms. The van der Waals surface area contributed by atoms with Gasteiger partial charge in [0.25, 0.3) is 11.8 Å². The van der Waals surface area contributed by atoms with Crippen LogP contribution in [0.4, 0.5) is 0 Å². The van der Waals surface area contributed by atoms with Gasteiger partial charge in [-0.3, -0.25) is 33.7 Å². The average molecular weight is 876 g/mol. The molecule has 0 radical (unpaired) electrons. The van der Waals surface area contributed by atoms with Crippen molar-refractivity contribution >= 4 is 41.4 Å². The number of nitrogens with zero attached hydrogens (tertiary/aromatic N) is 1. The standard InChI is InChI=1S/C40H69N5O16/c1-30(37(50)43-31(2)39(52)61-40(3,4)5)42-38(51)32(44-34(47)8-7-14-45-35(48)11-12-36(45)49)9-10-33(46)41-13-15-54-18-19-56-22-23-58-26-27-60-29-28-59-25-24-57-21-20-55-17-16-53-6/h11-12,30-32H,7-10,13-29H2,1-6H3,(H,41,46)(H,42,51)(H,43,50)(H,44,47)/t30-,31-,32+/m0/s1. The highest BCUT2D eigenvalue weighted by Gasteiger charge is 2.29. The zero-order chi connectivity index (χ0) is 45.3. The Morgan fingerprint density at radius 3 is 1.49 bits per heavy atom. The number of carbonyl (C=O) groups is 7. The van der Waals surface area contributed by atoms with Crippen LogP contribution in [0.5, 0.6) is 0 Å². The molecule has 1 aliphatic heterocycles. The van der Waals surface area contributed by atoms with Crippen molar-refractivity contribution in [3.05, 3.63) is 12.2 Å². The third-order valence-corrected chi connectivity index (χ3v) is 8.10. The monoisotopic (exact) mass is 875 g/mol. The number of carbonyl (C=O) groups excluding carboxylic acids is 7. The highest BCUT2D eigenvalue weighted by atomic mass is 16.6. The second kappa shape index (κ2) is 33.5. The maximum Gasteiger partial charge on any atom is 0.328 e. The Labute approximate surface area is 358 Å². The second-order valence-corrected chi connectivity index (χ2v) is 14.5. The number of esters is 1. The van der Waals surface area contributed by atoms with E-state index in [1.54, 1.807) is 27.9 Å². The van der Waals surface area contributed by atoms with E-state index in [2.05, 4.69) is 21.3 Å². The quantitative estimate of drug-likeness (QED) is 0.0338. The molecule has 0 unspecified atom stereocenters. The molecule has 0 fully saturated rings. The first-order chi connectivity index (χ1) is 29.1. The van der Waals surface area contributed by atoms with Crippen molar-refractivity contribution in [3.8, 4) is 0 Å². The lowest BCUT2D eigenvalue weighted by Crippen LogP contribution is -2.54. The van der Waals surface area contributed by atoms with Crippen molar-refractivity contribution in [3.63, 3.8) is 0 Å². The number of nitrogens with one attached hydrogen (secondary N) is 4. The highest BCUT2D eigenvalue weighted by Crippen LogP contribution is 2.09. The molecule has 1 aliphatic rings. The molecule has 3 atom stereocenters. The van der Waals surface area contributed by atoms with Crippen LogP contribution in [-0.2, 0) is 76.2 Å². The molecule has 0 aromatic carbocycles. The predicted molar refractivity (Wildman–Crippen MR) is 218 cm³/mol. The van der Waals surface area contributed by atoms with E-state index in [0.717, 1.165) is 17.1 Å². The molecule has 21 nitrogen and oxygen atoms in total. The van der Waals surface area contributed by atoms with Crippen molar-refractivity contribution < 1.29 is 76.2 Å². The Morgan fingerprint density at radius 1 is 0.590 bits per heavy atom. The predicted octanol–water partition coefficient (Wildman–Crippen LogP) is -0.813. The summed E-state index contributed by atoms with van der Waals surface area (Å²) in [7, 11) is 1.62.